The lowest BCUT2D eigenvalue weighted by atomic mass is 9.97. The van der Waals surface area contributed by atoms with Crippen LogP contribution in [0.15, 0.2) is 29.1 Å². The lowest BCUT2D eigenvalue weighted by Gasteiger charge is -2.12. The molecule has 23 heavy (non-hydrogen) atoms. The summed E-state index contributed by atoms with van der Waals surface area (Å²) < 4.78 is 14.8. The van der Waals surface area contributed by atoms with Crippen LogP contribution in [0.1, 0.15) is 34.7 Å². The number of hydrogen-bond donors (Lipinski definition) is 0. The molecule has 0 radical (unpaired) electrons. The molecule has 0 amide bonds. The van der Waals surface area contributed by atoms with Gasteiger partial charge in [-0.25, -0.2) is 9.37 Å². The van der Waals surface area contributed by atoms with E-state index in [0.29, 0.717) is 12.4 Å². The highest BCUT2D eigenvalue weighted by atomic mass is 32.1. The Bertz CT molecular complexity index is 940. The second-order valence-corrected chi connectivity index (χ2v) is 7.15. The quantitative estimate of drug-likeness (QED) is 0.716. The number of thiophene rings is 1. The van der Waals surface area contributed by atoms with E-state index in [4.69, 9.17) is 0 Å². The van der Waals surface area contributed by atoms with Crippen LogP contribution in [0.3, 0.4) is 0 Å². The van der Waals surface area contributed by atoms with E-state index >= 15 is 0 Å². The van der Waals surface area contributed by atoms with E-state index in [-0.39, 0.29) is 11.4 Å². The molecule has 2 aromatic heterocycles. The molecule has 2 heterocycles. The summed E-state index contributed by atoms with van der Waals surface area (Å²) in [5, 5.41) is 0.803. The predicted molar refractivity (Wildman–Crippen MR) is 90.8 cm³/mol. The molecular weight excluding hydrogens is 311 g/mol. The van der Waals surface area contributed by atoms with Gasteiger partial charge in [-0.3, -0.25) is 9.36 Å². The first-order valence-electron chi connectivity index (χ1n) is 7.89. The van der Waals surface area contributed by atoms with Gasteiger partial charge in [-0.2, -0.15) is 0 Å². The molecule has 3 nitrogen and oxygen atoms in total. The van der Waals surface area contributed by atoms with E-state index in [0.717, 1.165) is 35.0 Å². The van der Waals surface area contributed by atoms with Crippen molar-refractivity contribution in [2.75, 3.05) is 0 Å². The van der Waals surface area contributed by atoms with Crippen LogP contribution in [0.4, 0.5) is 4.39 Å². The van der Waals surface area contributed by atoms with E-state index < -0.39 is 0 Å². The Morgan fingerprint density at radius 2 is 1.96 bits per heavy atom. The van der Waals surface area contributed by atoms with E-state index in [1.54, 1.807) is 28.0 Å². The van der Waals surface area contributed by atoms with Crippen LogP contribution in [0.5, 0.6) is 0 Å². The number of hydrogen-bond acceptors (Lipinski definition) is 3. The fourth-order valence-corrected chi connectivity index (χ4v) is 4.60. The minimum atomic E-state index is -0.265. The first-order valence-corrected chi connectivity index (χ1v) is 8.71. The van der Waals surface area contributed by atoms with Gasteiger partial charge in [-0.05, 0) is 55.9 Å². The maximum atomic E-state index is 13.1. The molecule has 1 aromatic carbocycles. The average Bonchev–Trinajstić information content (AvgIpc) is 2.91. The molecular formula is C18H17FN2OS. The molecule has 0 bridgehead atoms. The van der Waals surface area contributed by atoms with Crippen LogP contribution in [0, 0.1) is 12.7 Å². The third-order valence-corrected chi connectivity index (χ3v) is 5.71. The third kappa shape index (κ3) is 2.49. The fourth-order valence-electron chi connectivity index (χ4n) is 3.30. The molecule has 0 saturated carbocycles. The summed E-state index contributed by atoms with van der Waals surface area (Å²) >= 11 is 1.67. The molecule has 5 heteroatoms. The summed E-state index contributed by atoms with van der Waals surface area (Å²) in [5.41, 5.74) is 2.15. The van der Waals surface area contributed by atoms with Gasteiger partial charge < -0.3 is 0 Å². The molecule has 0 N–H and O–H groups in total. The van der Waals surface area contributed by atoms with Gasteiger partial charge in [0.2, 0.25) is 0 Å². The minimum Gasteiger partial charge on any atom is -0.292 e. The summed E-state index contributed by atoms with van der Waals surface area (Å²) in [5.74, 6) is 0.448. The van der Waals surface area contributed by atoms with Gasteiger partial charge in [-0.15, -0.1) is 11.3 Å². The molecule has 118 valence electrons. The Morgan fingerprint density at radius 3 is 2.74 bits per heavy atom. The Labute approximate surface area is 137 Å². The molecule has 0 aliphatic heterocycles. The molecule has 0 spiro atoms. The van der Waals surface area contributed by atoms with E-state index in [2.05, 4.69) is 4.98 Å². The maximum absolute atomic E-state index is 13.1. The van der Waals surface area contributed by atoms with Crippen molar-refractivity contribution in [3.8, 4) is 0 Å². The minimum absolute atomic E-state index is 0.0382. The van der Waals surface area contributed by atoms with E-state index in [1.807, 2.05) is 6.92 Å². The average molecular weight is 328 g/mol. The zero-order valence-electron chi connectivity index (χ0n) is 12.9. The summed E-state index contributed by atoms with van der Waals surface area (Å²) in [4.78, 5) is 19.9. The highest BCUT2D eigenvalue weighted by Gasteiger charge is 2.21. The van der Waals surface area contributed by atoms with Gasteiger partial charge in [0.15, 0.2) is 0 Å². The molecule has 0 saturated heterocycles. The summed E-state index contributed by atoms with van der Waals surface area (Å²) in [6.07, 6.45) is 4.38. The first-order chi connectivity index (χ1) is 11.1. The number of halogens is 1. The molecule has 0 unspecified atom stereocenters. The number of fused-ring (bicyclic) bond motifs is 3. The van der Waals surface area contributed by atoms with Gasteiger partial charge in [-0.1, -0.05) is 12.1 Å². The highest BCUT2D eigenvalue weighted by Crippen LogP contribution is 2.33. The Kier molecular flexibility index (Phi) is 3.53. The van der Waals surface area contributed by atoms with E-state index in [9.17, 15) is 9.18 Å². The fraction of sp³-hybridized carbons (Fsp3) is 0.333. The number of aromatic nitrogens is 2. The first kappa shape index (κ1) is 14.6. The van der Waals surface area contributed by atoms with Crippen molar-refractivity contribution in [3.63, 3.8) is 0 Å². The van der Waals surface area contributed by atoms with Crippen LogP contribution in [-0.4, -0.2) is 9.55 Å². The summed E-state index contributed by atoms with van der Waals surface area (Å²) in [7, 11) is 0. The van der Waals surface area contributed by atoms with Gasteiger partial charge in [0, 0.05) is 4.88 Å². The van der Waals surface area contributed by atoms with Crippen molar-refractivity contribution in [2.45, 2.75) is 39.2 Å². The Hall–Kier alpha value is -2.01. The standard InChI is InChI=1S/C18H17FN2OS/c1-11-20-17-16(14-4-2-3-5-15(14)23-17)18(22)21(11)10-12-6-8-13(19)9-7-12/h6-9H,2-5,10H2,1H3. The van der Waals surface area contributed by atoms with Gasteiger partial charge >= 0.3 is 0 Å². The van der Waals surface area contributed by atoms with Crippen molar-refractivity contribution in [2.24, 2.45) is 0 Å². The molecule has 0 atom stereocenters. The second-order valence-electron chi connectivity index (χ2n) is 6.07. The van der Waals surface area contributed by atoms with Crippen molar-refractivity contribution in [3.05, 3.63) is 62.3 Å². The predicted octanol–water partition coefficient (Wildman–Crippen LogP) is 3.83. The SMILES string of the molecule is Cc1nc2sc3c(c2c(=O)n1Cc1ccc(F)cc1)CCCC3. The van der Waals surface area contributed by atoms with Gasteiger partial charge in [0.1, 0.15) is 16.5 Å². The molecule has 0 fully saturated rings. The zero-order chi connectivity index (χ0) is 16.0. The zero-order valence-corrected chi connectivity index (χ0v) is 13.8. The maximum Gasteiger partial charge on any atom is 0.262 e. The summed E-state index contributed by atoms with van der Waals surface area (Å²) in [6, 6.07) is 6.28. The van der Waals surface area contributed by atoms with E-state index in [1.165, 1.54) is 29.0 Å². The van der Waals surface area contributed by atoms with Crippen LogP contribution >= 0.6 is 11.3 Å². The largest absolute Gasteiger partial charge is 0.292 e. The third-order valence-electron chi connectivity index (χ3n) is 4.52. The number of benzene rings is 1. The Balaban J connectivity index is 1.86. The van der Waals surface area contributed by atoms with Crippen LogP contribution in [0.2, 0.25) is 0 Å². The van der Waals surface area contributed by atoms with Crippen LogP contribution < -0.4 is 5.56 Å². The summed E-state index contributed by atoms with van der Waals surface area (Å²) in [6.45, 7) is 2.29. The lowest BCUT2D eigenvalue weighted by molar-refractivity contribution is 0.625. The van der Waals surface area contributed by atoms with Crippen molar-refractivity contribution in [1.29, 1.82) is 0 Å². The smallest absolute Gasteiger partial charge is 0.262 e. The van der Waals surface area contributed by atoms with Crippen molar-refractivity contribution in [1.82, 2.24) is 9.55 Å². The Morgan fingerprint density at radius 1 is 1.22 bits per heavy atom. The second kappa shape index (κ2) is 5.57. The van der Waals surface area contributed by atoms with Crippen molar-refractivity contribution >= 4 is 21.6 Å². The monoisotopic (exact) mass is 328 g/mol. The number of rotatable bonds is 2. The highest BCUT2D eigenvalue weighted by molar-refractivity contribution is 7.18. The normalized spacial score (nSPS) is 14.2. The van der Waals surface area contributed by atoms with Gasteiger partial charge in [0.05, 0.1) is 11.9 Å². The molecule has 1 aliphatic carbocycles. The van der Waals surface area contributed by atoms with Crippen molar-refractivity contribution < 1.29 is 4.39 Å². The van der Waals surface area contributed by atoms with Crippen LogP contribution in [-0.2, 0) is 19.4 Å². The van der Waals surface area contributed by atoms with Gasteiger partial charge in [0.25, 0.3) is 5.56 Å². The molecule has 4 rings (SSSR count). The number of nitrogens with zero attached hydrogens (tertiary/aromatic N) is 2. The number of aryl methyl sites for hydroxylation is 3. The topological polar surface area (TPSA) is 34.9 Å². The molecule has 1 aliphatic rings. The lowest BCUT2D eigenvalue weighted by Crippen LogP contribution is -2.24. The van der Waals surface area contributed by atoms with Crippen LogP contribution in [0.25, 0.3) is 10.2 Å². The molecule has 3 aromatic rings.